The van der Waals surface area contributed by atoms with E-state index in [1.165, 1.54) is 6.21 Å². The maximum absolute atomic E-state index is 5.25. The molecule has 0 bridgehead atoms. The van der Waals surface area contributed by atoms with Crippen LogP contribution in [0.5, 0.6) is 11.5 Å². The molecule has 0 aromatic heterocycles. The Kier molecular flexibility index (Phi) is 2.95. The van der Waals surface area contributed by atoms with Gasteiger partial charge in [0.05, 0.1) is 10.7 Å². The summed E-state index contributed by atoms with van der Waals surface area (Å²) in [4.78, 5) is 0. The molecule has 6 nitrogen and oxygen atoms in total. The van der Waals surface area contributed by atoms with Gasteiger partial charge < -0.3 is 20.9 Å². The van der Waals surface area contributed by atoms with Crippen LogP contribution in [0, 0.1) is 0 Å². The summed E-state index contributed by atoms with van der Waals surface area (Å²) in [6, 6.07) is 3.62. The maximum Gasteiger partial charge on any atom is 0.231 e. The van der Waals surface area contributed by atoms with Crippen molar-refractivity contribution in [1.29, 1.82) is 0 Å². The topological polar surface area (TPSA) is 95.2 Å². The van der Waals surface area contributed by atoms with Gasteiger partial charge in [0.2, 0.25) is 12.8 Å². The van der Waals surface area contributed by atoms with Gasteiger partial charge in [0.15, 0.2) is 11.5 Å². The van der Waals surface area contributed by atoms with Crippen LogP contribution in [0.2, 0.25) is 0 Å². The first-order valence-corrected chi connectivity index (χ1v) is 5.17. The summed E-state index contributed by atoms with van der Waals surface area (Å²) in [7, 11) is 0. The van der Waals surface area contributed by atoms with Crippen LogP contribution in [0.3, 0.4) is 0 Å². The fourth-order valence-corrected chi connectivity index (χ4v) is 1.80. The average molecular weight is 285 g/mol. The van der Waals surface area contributed by atoms with Crippen LogP contribution in [0.4, 0.5) is 0 Å². The Morgan fingerprint density at radius 3 is 2.94 bits per heavy atom. The van der Waals surface area contributed by atoms with Crippen LogP contribution < -0.4 is 20.9 Å². The molecule has 0 spiro atoms. The third-order valence-corrected chi connectivity index (χ3v) is 2.42. The second kappa shape index (κ2) is 4.40. The largest absolute Gasteiger partial charge is 0.454 e. The smallest absolute Gasteiger partial charge is 0.231 e. The summed E-state index contributed by atoms with van der Waals surface area (Å²) in [5.41, 5.74) is 11.1. The zero-order valence-electron chi connectivity index (χ0n) is 8.18. The van der Waals surface area contributed by atoms with Crippen LogP contribution in [-0.4, -0.2) is 19.0 Å². The molecule has 1 aromatic carbocycles. The van der Waals surface area contributed by atoms with Crippen molar-refractivity contribution in [3.8, 4) is 11.5 Å². The fraction of sp³-hybridized carbons (Fsp3) is 0.111. The molecule has 0 saturated carbocycles. The highest BCUT2D eigenvalue weighted by Gasteiger charge is 2.17. The highest BCUT2D eigenvalue weighted by molar-refractivity contribution is 9.10. The Labute approximate surface area is 100 Å². The summed E-state index contributed by atoms with van der Waals surface area (Å²) in [6.07, 6.45) is 1.52. The Morgan fingerprint density at radius 1 is 1.38 bits per heavy atom. The molecular weight excluding hydrogens is 276 g/mol. The van der Waals surface area contributed by atoms with Gasteiger partial charge in [-0.25, -0.2) is 0 Å². The molecule has 1 aromatic rings. The lowest BCUT2D eigenvalue weighted by molar-refractivity contribution is 0.173. The molecule has 1 aliphatic heterocycles. The van der Waals surface area contributed by atoms with Crippen molar-refractivity contribution >= 4 is 28.1 Å². The molecule has 1 aliphatic rings. The summed E-state index contributed by atoms with van der Waals surface area (Å²) >= 11 is 3.37. The number of guanidine groups is 1. The minimum Gasteiger partial charge on any atom is -0.454 e. The lowest BCUT2D eigenvalue weighted by Gasteiger charge is -2.00. The standard InChI is InChI=1S/C9H9BrN4O2/c10-6-1-5(3-13-14-9(11)12)2-7-8(6)16-4-15-7/h1-3H,4H2,(H4,11,12,14)/b13-3+. The SMILES string of the molecule is NC(N)=N/N=C/c1cc(Br)c2c(c1)OCO2. The minimum atomic E-state index is -0.0870. The number of halogens is 1. The van der Waals surface area contributed by atoms with Crippen molar-refractivity contribution in [2.24, 2.45) is 21.7 Å². The molecular formula is C9H9BrN4O2. The molecule has 0 aliphatic carbocycles. The van der Waals surface area contributed by atoms with Gasteiger partial charge in [0, 0.05) is 0 Å². The second-order valence-corrected chi connectivity index (χ2v) is 3.86. The van der Waals surface area contributed by atoms with Crippen molar-refractivity contribution < 1.29 is 9.47 Å². The van der Waals surface area contributed by atoms with E-state index in [4.69, 9.17) is 20.9 Å². The van der Waals surface area contributed by atoms with Crippen molar-refractivity contribution in [2.75, 3.05) is 6.79 Å². The Balaban J connectivity index is 2.27. The van der Waals surface area contributed by atoms with Gasteiger partial charge in [-0.15, -0.1) is 5.10 Å². The Hall–Kier alpha value is -1.76. The lowest BCUT2D eigenvalue weighted by Crippen LogP contribution is -2.21. The number of rotatable bonds is 2. The molecule has 16 heavy (non-hydrogen) atoms. The molecule has 0 saturated heterocycles. The third-order valence-electron chi connectivity index (χ3n) is 1.83. The van der Waals surface area contributed by atoms with Crippen molar-refractivity contribution in [3.05, 3.63) is 22.2 Å². The van der Waals surface area contributed by atoms with Crippen molar-refractivity contribution in [2.45, 2.75) is 0 Å². The number of nitrogens with two attached hydrogens (primary N) is 2. The highest BCUT2D eigenvalue weighted by atomic mass is 79.9. The molecule has 0 amide bonds. The number of fused-ring (bicyclic) bond motifs is 1. The minimum absolute atomic E-state index is 0.0870. The molecule has 2 rings (SSSR count). The number of hydrogen-bond acceptors (Lipinski definition) is 4. The van der Waals surface area contributed by atoms with Crippen LogP contribution in [0.1, 0.15) is 5.56 Å². The molecule has 0 radical (unpaired) electrons. The van der Waals surface area contributed by atoms with E-state index in [2.05, 4.69) is 26.1 Å². The number of ether oxygens (including phenoxy) is 2. The van der Waals surface area contributed by atoms with Crippen LogP contribution >= 0.6 is 15.9 Å². The van der Waals surface area contributed by atoms with E-state index in [9.17, 15) is 0 Å². The van der Waals surface area contributed by atoms with E-state index < -0.39 is 0 Å². The van der Waals surface area contributed by atoms with Gasteiger partial charge in [0.25, 0.3) is 0 Å². The molecule has 84 valence electrons. The number of hydrogen-bond donors (Lipinski definition) is 2. The van der Waals surface area contributed by atoms with Crippen LogP contribution in [0.25, 0.3) is 0 Å². The zero-order valence-corrected chi connectivity index (χ0v) is 9.77. The summed E-state index contributed by atoms with van der Waals surface area (Å²) in [5, 5.41) is 7.20. The first-order chi connectivity index (χ1) is 7.66. The first kappa shape index (κ1) is 10.7. The van der Waals surface area contributed by atoms with Gasteiger partial charge in [-0.3, -0.25) is 0 Å². The van der Waals surface area contributed by atoms with Crippen molar-refractivity contribution in [3.63, 3.8) is 0 Å². The molecule has 4 N–H and O–H groups in total. The van der Waals surface area contributed by atoms with Gasteiger partial charge in [0.1, 0.15) is 0 Å². The fourth-order valence-electron chi connectivity index (χ4n) is 1.22. The predicted octanol–water partition coefficient (Wildman–Crippen LogP) is 0.785. The zero-order chi connectivity index (χ0) is 11.5. The van der Waals surface area contributed by atoms with E-state index >= 15 is 0 Å². The van der Waals surface area contributed by atoms with Gasteiger partial charge in [-0.05, 0) is 33.6 Å². The lowest BCUT2D eigenvalue weighted by atomic mass is 10.2. The van der Waals surface area contributed by atoms with Crippen molar-refractivity contribution in [1.82, 2.24) is 0 Å². The first-order valence-electron chi connectivity index (χ1n) is 4.38. The third kappa shape index (κ3) is 2.25. The van der Waals surface area contributed by atoms with E-state index in [0.29, 0.717) is 11.5 Å². The predicted molar refractivity (Wildman–Crippen MR) is 63.7 cm³/mol. The quantitative estimate of drug-likeness (QED) is 0.477. The van der Waals surface area contributed by atoms with Gasteiger partial charge in [-0.2, -0.15) is 5.10 Å². The summed E-state index contributed by atoms with van der Waals surface area (Å²) in [5.74, 6) is 1.27. The Bertz CT molecular complexity index is 469. The maximum atomic E-state index is 5.25. The monoisotopic (exact) mass is 284 g/mol. The molecule has 7 heteroatoms. The summed E-state index contributed by atoms with van der Waals surface area (Å²) in [6.45, 7) is 0.225. The normalized spacial score (nSPS) is 13.1. The molecule has 0 atom stereocenters. The highest BCUT2D eigenvalue weighted by Crippen LogP contribution is 2.39. The average Bonchev–Trinajstić information content (AvgIpc) is 2.65. The Morgan fingerprint density at radius 2 is 2.19 bits per heavy atom. The molecule has 1 heterocycles. The molecule has 0 fully saturated rings. The summed E-state index contributed by atoms with van der Waals surface area (Å²) < 4.78 is 11.3. The van der Waals surface area contributed by atoms with E-state index in [1.54, 1.807) is 6.07 Å². The van der Waals surface area contributed by atoms with E-state index in [0.717, 1.165) is 10.0 Å². The van der Waals surface area contributed by atoms with Gasteiger partial charge in [-0.1, -0.05) is 0 Å². The second-order valence-electron chi connectivity index (χ2n) is 3.01. The van der Waals surface area contributed by atoms with Gasteiger partial charge >= 0.3 is 0 Å². The number of benzene rings is 1. The van der Waals surface area contributed by atoms with E-state index in [1.807, 2.05) is 6.07 Å². The van der Waals surface area contributed by atoms with Crippen LogP contribution in [0.15, 0.2) is 26.8 Å². The molecule has 0 unspecified atom stereocenters. The van der Waals surface area contributed by atoms with E-state index in [-0.39, 0.29) is 12.8 Å². The number of nitrogens with zero attached hydrogens (tertiary/aromatic N) is 2. The van der Waals surface area contributed by atoms with Crippen LogP contribution in [-0.2, 0) is 0 Å².